The minimum absolute atomic E-state index is 0.872. The lowest BCUT2D eigenvalue weighted by atomic mass is 10.1. The second-order valence-corrected chi connectivity index (χ2v) is 4.44. The Hall–Kier alpha value is -1.26. The maximum absolute atomic E-state index is 5.21. The molecule has 1 heteroatoms. The molecule has 0 bridgehead atoms. The fourth-order valence-electron chi connectivity index (χ4n) is 2.28. The van der Waals surface area contributed by atoms with Crippen LogP contribution in [0.25, 0.3) is 0 Å². The number of benzene rings is 1. The van der Waals surface area contributed by atoms with Gasteiger partial charge in [-0.15, -0.1) is 12.3 Å². The van der Waals surface area contributed by atoms with Crippen LogP contribution in [-0.4, -0.2) is 6.54 Å². The van der Waals surface area contributed by atoms with Gasteiger partial charge < -0.3 is 5.32 Å². The molecule has 0 saturated carbocycles. The molecule has 1 N–H and O–H groups in total. The van der Waals surface area contributed by atoms with Gasteiger partial charge in [0, 0.05) is 13.0 Å². The second-order valence-electron chi connectivity index (χ2n) is 4.44. The molecule has 0 unspecified atom stereocenters. The lowest BCUT2D eigenvalue weighted by Crippen LogP contribution is -2.14. The number of rotatable bonds is 5. The summed E-state index contributed by atoms with van der Waals surface area (Å²) in [4.78, 5) is 0. The maximum Gasteiger partial charge on any atom is 0.0205 e. The second kappa shape index (κ2) is 5.72. The van der Waals surface area contributed by atoms with Gasteiger partial charge in [0.25, 0.3) is 0 Å². The molecule has 0 amide bonds. The van der Waals surface area contributed by atoms with Crippen molar-refractivity contribution in [3.05, 3.63) is 34.9 Å². The molecule has 0 fully saturated rings. The largest absolute Gasteiger partial charge is 0.313 e. The fraction of sp³-hybridized carbons (Fsp3) is 0.467. The third kappa shape index (κ3) is 2.87. The highest BCUT2D eigenvalue weighted by molar-refractivity contribution is 5.35. The molecule has 1 aromatic rings. The molecule has 1 nitrogen and oxygen atoms in total. The van der Waals surface area contributed by atoms with Crippen molar-refractivity contribution in [3.63, 3.8) is 0 Å². The Bertz CT molecular complexity index is 387. The van der Waals surface area contributed by atoms with Crippen LogP contribution < -0.4 is 5.32 Å². The van der Waals surface area contributed by atoms with Crippen LogP contribution in [0.5, 0.6) is 0 Å². The van der Waals surface area contributed by atoms with Crippen molar-refractivity contribution in [2.24, 2.45) is 0 Å². The number of unbranched alkanes of at least 4 members (excludes halogenated alkanes) is 1. The van der Waals surface area contributed by atoms with Crippen LogP contribution in [0, 0.1) is 12.3 Å². The van der Waals surface area contributed by atoms with Crippen LogP contribution in [0.4, 0.5) is 0 Å². The fourth-order valence-corrected chi connectivity index (χ4v) is 2.28. The quantitative estimate of drug-likeness (QED) is 0.586. The van der Waals surface area contributed by atoms with Crippen molar-refractivity contribution in [3.8, 4) is 12.3 Å². The van der Waals surface area contributed by atoms with E-state index in [2.05, 4.69) is 29.4 Å². The first-order valence-electron chi connectivity index (χ1n) is 6.15. The van der Waals surface area contributed by atoms with E-state index >= 15 is 0 Å². The summed E-state index contributed by atoms with van der Waals surface area (Å²) in [5, 5.41) is 3.43. The predicted molar refractivity (Wildman–Crippen MR) is 68.2 cm³/mol. The molecule has 0 aromatic heterocycles. The molecule has 1 aromatic carbocycles. The number of aryl methyl sites for hydroxylation is 2. The Labute approximate surface area is 98.3 Å². The van der Waals surface area contributed by atoms with Gasteiger partial charge in [-0.1, -0.05) is 18.2 Å². The van der Waals surface area contributed by atoms with Crippen molar-refractivity contribution < 1.29 is 0 Å². The van der Waals surface area contributed by atoms with E-state index in [9.17, 15) is 0 Å². The molecule has 2 rings (SSSR count). The van der Waals surface area contributed by atoms with Crippen LogP contribution in [0.2, 0.25) is 0 Å². The molecular formula is C15H19N. The zero-order valence-electron chi connectivity index (χ0n) is 9.76. The summed E-state index contributed by atoms with van der Waals surface area (Å²) >= 11 is 0. The lowest BCUT2D eigenvalue weighted by molar-refractivity contribution is 0.658. The summed E-state index contributed by atoms with van der Waals surface area (Å²) in [5.41, 5.74) is 4.51. The Morgan fingerprint density at radius 1 is 1.25 bits per heavy atom. The van der Waals surface area contributed by atoms with Crippen LogP contribution in [0.3, 0.4) is 0 Å². The average molecular weight is 213 g/mol. The van der Waals surface area contributed by atoms with E-state index in [1.165, 1.54) is 24.8 Å². The monoisotopic (exact) mass is 213 g/mol. The highest BCUT2D eigenvalue weighted by Gasteiger charge is 2.10. The van der Waals surface area contributed by atoms with E-state index in [0.717, 1.165) is 25.9 Å². The molecule has 1 aliphatic rings. The van der Waals surface area contributed by atoms with E-state index in [4.69, 9.17) is 6.42 Å². The van der Waals surface area contributed by atoms with Crippen LogP contribution >= 0.6 is 0 Å². The van der Waals surface area contributed by atoms with Gasteiger partial charge in [0.05, 0.1) is 0 Å². The summed E-state index contributed by atoms with van der Waals surface area (Å²) in [6.45, 7) is 1.99. The topological polar surface area (TPSA) is 12.0 Å². The van der Waals surface area contributed by atoms with Crippen molar-refractivity contribution in [1.82, 2.24) is 5.32 Å². The average Bonchev–Trinajstić information content (AvgIpc) is 2.76. The lowest BCUT2D eigenvalue weighted by Gasteiger charge is -2.06. The minimum Gasteiger partial charge on any atom is -0.313 e. The normalized spacial score (nSPS) is 13.4. The number of hydrogen-bond donors (Lipinski definition) is 1. The van der Waals surface area contributed by atoms with Crippen molar-refractivity contribution in [1.29, 1.82) is 0 Å². The smallest absolute Gasteiger partial charge is 0.0205 e. The standard InChI is InChI=1S/C15H19N/c1-2-3-4-10-16-12-13-8-9-14-6-5-7-15(14)11-13/h1,8-9,11,16H,3-7,10,12H2. The van der Waals surface area contributed by atoms with E-state index in [-0.39, 0.29) is 0 Å². The number of terminal acetylenes is 1. The number of hydrogen-bond acceptors (Lipinski definition) is 1. The molecule has 0 aliphatic heterocycles. The summed E-state index contributed by atoms with van der Waals surface area (Å²) in [6.07, 6.45) is 11.0. The Balaban J connectivity index is 1.80. The van der Waals surface area contributed by atoms with Gasteiger partial charge >= 0.3 is 0 Å². The Morgan fingerprint density at radius 2 is 2.12 bits per heavy atom. The first kappa shape index (κ1) is 11.2. The summed E-state index contributed by atoms with van der Waals surface area (Å²) in [7, 11) is 0. The summed E-state index contributed by atoms with van der Waals surface area (Å²) < 4.78 is 0. The van der Waals surface area contributed by atoms with Gasteiger partial charge in [0.2, 0.25) is 0 Å². The van der Waals surface area contributed by atoms with Crippen LogP contribution in [0.1, 0.15) is 36.0 Å². The molecule has 1 aliphatic carbocycles. The molecule has 0 saturated heterocycles. The Morgan fingerprint density at radius 3 is 3.00 bits per heavy atom. The van der Waals surface area contributed by atoms with Gasteiger partial charge in [-0.05, 0) is 48.9 Å². The molecule has 0 radical (unpaired) electrons. The first-order chi connectivity index (χ1) is 7.90. The van der Waals surface area contributed by atoms with Crippen LogP contribution in [0.15, 0.2) is 18.2 Å². The Kier molecular flexibility index (Phi) is 4.02. The molecule has 84 valence electrons. The van der Waals surface area contributed by atoms with E-state index < -0.39 is 0 Å². The molecule has 0 heterocycles. The maximum atomic E-state index is 5.21. The minimum atomic E-state index is 0.872. The number of nitrogens with one attached hydrogen (secondary N) is 1. The van der Waals surface area contributed by atoms with Crippen molar-refractivity contribution >= 4 is 0 Å². The first-order valence-corrected chi connectivity index (χ1v) is 6.15. The van der Waals surface area contributed by atoms with Gasteiger partial charge in [0.15, 0.2) is 0 Å². The van der Waals surface area contributed by atoms with Gasteiger partial charge in [-0.25, -0.2) is 0 Å². The van der Waals surface area contributed by atoms with E-state index in [1.807, 2.05) is 0 Å². The van der Waals surface area contributed by atoms with E-state index in [0.29, 0.717) is 0 Å². The summed E-state index contributed by atoms with van der Waals surface area (Å²) in [6, 6.07) is 6.90. The van der Waals surface area contributed by atoms with Gasteiger partial charge in [-0.2, -0.15) is 0 Å². The molecule has 0 spiro atoms. The van der Waals surface area contributed by atoms with Crippen molar-refractivity contribution in [2.75, 3.05) is 6.54 Å². The molecule has 16 heavy (non-hydrogen) atoms. The predicted octanol–water partition coefficient (Wildman–Crippen LogP) is 2.68. The van der Waals surface area contributed by atoms with Gasteiger partial charge in [-0.3, -0.25) is 0 Å². The highest BCUT2D eigenvalue weighted by atomic mass is 14.8. The van der Waals surface area contributed by atoms with Crippen LogP contribution in [-0.2, 0) is 19.4 Å². The van der Waals surface area contributed by atoms with Crippen molar-refractivity contribution in [2.45, 2.75) is 38.6 Å². The third-order valence-corrected chi connectivity index (χ3v) is 3.17. The zero-order valence-corrected chi connectivity index (χ0v) is 9.76. The van der Waals surface area contributed by atoms with Gasteiger partial charge in [0.1, 0.15) is 0 Å². The third-order valence-electron chi connectivity index (χ3n) is 3.17. The zero-order chi connectivity index (χ0) is 11.2. The number of fused-ring (bicyclic) bond motifs is 1. The molecular weight excluding hydrogens is 194 g/mol. The summed E-state index contributed by atoms with van der Waals surface area (Å²) in [5.74, 6) is 2.66. The molecule has 0 atom stereocenters. The SMILES string of the molecule is C#CCCCNCc1ccc2c(c1)CCC2. The highest BCUT2D eigenvalue weighted by Crippen LogP contribution is 2.22. The van der Waals surface area contributed by atoms with E-state index in [1.54, 1.807) is 11.1 Å².